The Bertz CT molecular complexity index is 330. The SMILES string of the molecule is CC(C)(C)C(=O)Nc1nc(CCl)c[se]1. The van der Waals surface area contributed by atoms with Gasteiger partial charge in [-0.05, 0) is 0 Å². The van der Waals surface area contributed by atoms with Gasteiger partial charge in [-0.15, -0.1) is 0 Å². The van der Waals surface area contributed by atoms with E-state index in [1.54, 1.807) is 0 Å². The number of carbonyl (C=O) groups is 1. The second-order valence-corrected chi connectivity index (χ2v) is 6.05. The van der Waals surface area contributed by atoms with E-state index in [4.69, 9.17) is 11.6 Å². The summed E-state index contributed by atoms with van der Waals surface area (Å²) in [5.41, 5.74) is 0.485. The van der Waals surface area contributed by atoms with Crippen LogP contribution in [0.4, 0.5) is 4.69 Å². The van der Waals surface area contributed by atoms with Gasteiger partial charge in [0.15, 0.2) is 0 Å². The number of hydrogen-bond donors (Lipinski definition) is 1. The zero-order valence-electron chi connectivity index (χ0n) is 8.43. The molecule has 0 aliphatic rings. The minimum absolute atomic E-state index is 0.00217. The molecule has 3 nitrogen and oxygen atoms in total. The van der Waals surface area contributed by atoms with Crippen LogP contribution in [-0.4, -0.2) is 25.4 Å². The van der Waals surface area contributed by atoms with Crippen molar-refractivity contribution in [1.29, 1.82) is 0 Å². The van der Waals surface area contributed by atoms with Crippen molar-refractivity contribution in [1.82, 2.24) is 4.98 Å². The fourth-order valence-corrected chi connectivity index (χ4v) is 2.53. The summed E-state index contributed by atoms with van der Waals surface area (Å²) in [4.78, 5) is 17.8. The van der Waals surface area contributed by atoms with Gasteiger partial charge in [-0.3, -0.25) is 0 Å². The number of amides is 1. The first kappa shape index (κ1) is 11.8. The van der Waals surface area contributed by atoms with Crippen LogP contribution in [0.5, 0.6) is 0 Å². The molecule has 14 heavy (non-hydrogen) atoms. The van der Waals surface area contributed by atoms with E-state index >= 15 is 0 Å². The molecule has 0 aliphatic heterocycles. The Kier molecular flexibility index (Phi) is 3.76. The van der Waals surface area contributed by atoms with Crippen molar-refractivity contribution >= 4 is 36.7 Å². The molecule has 1 aromatic heterocycles. The zero-order valence-corrected chi connectivity index (χ0v) is 10.9. The molecular weight excluding hydrogens is 267 g/mol. The average molecular weight is 280 g/mol. The Labute approximate surface area is 94.6 Å². The first-order valence-corrected chi connectivity index (χ1v) is 6.63. The molecule has 0 unspecified atom stereocenters. The van der Waals surface area contributed by atoms with Crippen molar-refractivity contribution in [3.05, 3.63) is 10.6 Å². The van der Waals surface area contributed by atoms with Crippen LogP contribution >= 0.6 is 11.6 Å². The number of nitrogens with one attached hydrogen (secondary N) is 1. The van der Waals surface area contributed by atoms with Gasteiger partial charge >= 0.3 is 94.5 Å². The van der Waals surface area contributed by atoms with Crippen molar-refractivity contribution in [3.8, 4) is 0 Å². The van der Waals surface area contributed by atoms with Crippen LogP contribution < -0.4 is 5.32 Å². The molecule has 1 N–H and O–H groups in total. The summed E-state index contributed by atoms with van der Waals surface area (Å²) in [5, 5.41) is 2.81. The number of anilines is 1. The molecule has 1 aromatic rings. The van der Waals surface area contributed by atoms with Crippen LogP contribution in [0.1, 0.15) is 26.5 Å². The van der Waals surface area contributed by atoms with Gasteiger partial charge in [0.2, 0.25) is 0 Å². The molecule has 78 valence electrons. The van der Waals surface area contributed by atoms with Crippen LogP contribution in [0.2, 0.25) is 0 Å². The van der Waals surface area contributed by atoms with Gasteiger partial charge < -0.3 is 0 Å². The maximum atomic E-state index is 11.6. The number of rotatable bonds is 2. The van der Waals surface area contributed by atoms with Crippen molar-refractivity contribution in [2.45, 2.75) is 26.7 Å². The normalized spacial score (nSPS) is 11.4. The fraction of sp³-hybridized carbons (Fsp3) is 0.556. The van der Waals surface area contributed by atoms with Crippen LogP contribution in [0.25, 0.3) is 0 Å². The van der Waals surface area contributed by atoms with E-state index in [2.05, 4.69) is 10.3 Å². The summed E-state index contributed by atoms with van der Waals surface area (Å²) in [7, 11) is 0. The van der Waals surface area contributed by atoms with E-state index in [-0.39, 0.29) is 25.8 Å². The van der Waals surface area contributed by atoms with Crippen LogP contribution in [-0.2, 0) is 10.7 Å². The van der Waals surface area contributed by atoms with Crippen LogP contribution in [0, 0.1) is 5.41 Å². The number of halogens is 1. The molecule has 0 bridgehead atoms. The summed E-state index contributed by atoms with van der Waals surface area (Å²) < 4.78 is 0.757. The standard InChI is InChI=1S/C9H13ClN2OSe/c1-9(2,3)7(13)12-8-11-6(4-10)5-14-8/h5H,4H2,1-3H3,(H,11,12,13). The first-order chi connectivity index (χ1) is 6.43. The molecule has 1 amide bonds. The number of carbonyl (C=O) groups excluding carboxylic acids is 1. The summed E-state index contributed by atoms with van der Waals surface area (Å²) in [6.45, 7) is 5.63. The van der Waals surface area contributed by atoms with Crippen molar-refractivity contribution < 1.29 is 4.79 Å². The molecular formula is C9H13ClN2OSe. The van der Waals surface area contributed by atoms with E-state index in [1.165, 1.54) is 0 Å². The topological polar surface area (TPSA) is 42.0 Å². The molecule has 1 rings (SSSR count). The predicted molar refractivity (Wildman–Crippen MR) is 58.8 cm³/mol. The van der Waals surface area contributed by atoms with E-state index in [0.717, 1.165) is 10.4 Å². The fourth-order valence-electron chi connectivity index (χ4n) is 0.710. The zero-order chi connectivity index (χ0) is 10.8. The van der Waals surface area contributed by atoms with Gasteiger partial charge in [0, 0.05) is 0 Å². The quantitative estimate of drug-likeness (QED) is 0.663. The molecule has 0 aliphatic carbocycles. The molecule has 0 saturated carbocycles. The van der Waals surface area contributed by atoms with E-state index < -0.39 is 0 Å². The van der Waals surface area contributed by atoms with Gasteiger partial charge in [0.25, 0.3) is 0 Å². The molecule has 5 heteroatoms. The monoisotopic (exact) mass is 280 g/mol. The Hall–Kier alpha value is -0.311. The van der Waals surface area contributed by atoms with E-state index in [1.807, 2.05) is 25.7 Å². The third-order valence-electron chi connectivity index (χ3n) is 1.59. The third kappa shape index (κ3) is 3.12. The van der Waals surface area contributed by atoms with Gasteiger partial charge in [-0.1, -0.05) is 0 Å². The van der Waals surface area contributed by atoms with Crippen molar-refractivity contribution in [2.24, 2.45) is 5.41 Å². The Morgan fingerprint density at radius 1 is 1.64 bits per heavy atom. The first-order valence-electron chi connectivity index (χ1n) is 4.25. The third-order valence-corrected chi connectivity index (χ3v) is 3.56. The van der Waals surface area contributed by atoms with E-state index in [0.29, 0.717) is 5.88 Å². The second-order valence-electron chi connectivity index (χ2n) is 3.98. The molecule has 0 radical (unpaired) electrons. The minimum atomic E-state index is -0.373. The molecule has 0 spiro atoms. The average Bonchev–Trinajstić information content (AvgIpc) is 2.50. The molecule has 0 aromatic carbocycles. The summed E-state index contributed by atoms with van der Waals surface area (Å²) in [6, 6.07) is 0. The number of hydrogen-bond acceptors (Lipinski definition) is 2. The summed E-state index contributed by atoms with van der Waals surface area (Å²) in [5.74, 6) is 0.416. The maximum absolute atomic E-state index is 11.6. The van der Waals surface area contributed by atoms with Gasteiger partial charge in [-0.2, -0.15) is 0 Å². The Morgan fingerprint density at radius 2 is 2.29 bits per heavy atom. The molecule has 1 heterocycles. The van der Waals surface area contributed by atoms with Gasteiger partial charge in [0.05, 0.1) is 0 Å². The molecule has 0 saturated heterocycles. The summed E-state index contributed by atoms with van der Waals surface area (Å²) in [6.07, 6.45) is 0. The van der Waals surface area contributed by atoms with Gasteiger partial charge in [-0.25, -0.2) is 0 Å². The summed E-state index contributed by atoms with van der Waals surface area (Å²) >= 11 is 5.75. The molecule has 0 atom stereocenters. The number of alkyl halides is 1. The van der Waals surface area contributed by atoms with Crippen LogP contribution in [0.3, 0.4) is 0 Å². The second kappa shape index (κ2) is 4.47. The van der Waals surface area contributed by atoms with Crippen molar-refractivity contribution in [3.63, 3.8) is 0 Å². The number of aromatic nitrogens is 1. The number of nitrogens with zero attached hydrogens (tertiary/aromatic N) is 1. The molecule has 0 fully saturated rings. The van der Waals surface area contributed by atoms with Crippen LogP contribution in [0.15, 0.2) is 4.94 Å². The van der Waals surface area contributed by atoms with Gasteiger partial charge in [0.1, 0.15) is 0 Å². The van der Waals surface area contributed by atoms with E-state index in [9.17, 15) is 4.79 Å². The Balaban J connectivity index is 2.65. The van der Waals surface area contributed by atoms with Crippen molar-refractivity contribution in [2.75, 3.05) is 5.32 Å². The Morgan fingerprint density at radius 3 is 2.71 bits per heavy atom. The predicted octanol–water partition coefficient (Wildman–Crippen LogP) is 1.86.